The van der Waals surface area contributed by atoms with E-state index >= 15 is 0 Å². The summed E-state index contributed by atoms with van der Waals surface area (Å²) in [5, 5.41) is 11.3. The second-order valence-corrected chi connectivity index (χ2v) is 16.2. The lowest BCUT2D eigenvalue weighted by Crippen LogP contribution is -2.01. The van der Waals surface area contributed by atoms with Crippen molar-refractivity contribution in [3.8, 4) is 78.6 Å². The molecule has 9 aromatic rings. The number of para-hydroxylation sites is 2. The molecule has 0 fully saturated rings. The highest BCUT2D eigenvalue weighted by molar-refractivity contribution is 5.98. The normalized spacial score (nSPS) is 12.4. The molecular weight excluding hydrogens is 731 g/mol. The van der Waals surface area contributed by atoms with Crippen molar-refractivity contribution in [1.29, 1.82) is 0 Å². The molecule has 2 heterocycles. The fraction of sp³-hybridized carbons (Fsp3) is 0.143. The number of rotatable bonds is 9. The summed E-state index contributed by atoms with van der Waals surface area (Å²) in [6.07, 6.45) is 1.88. The van der Waals surface area contributed by atoms with Gasteiger partial charge in [0.1, 0.15) is 11.6 Å². The molecule has 4 nitrogen and oxygen atoms in total. The van der Waals surface area contributed by atoms with Gasteiger partial charge in [0, 0.05) is 20.1 Å². The van der Waals surface area contributed by atoms with E-state index in [1.807, 2.05) is 64.2 Å². The van der Waals surface area contributed by atoms with Gasteiger partial charge in [0.25, 0.3) is 0 Å². The van der Waals surface area contributed by atoms with Crippen molar-refractivity contribution in [2.45, 2.75) is 53.3 Å². The van der Waals surface area contributed by atoms with Crippen molar-refractivity contribution in [3.63, 3.8) is 0 Å². The summed E-state index contributed by atoms with van der Waals surface area (Å²) in [7, 11) is 0. The monoisotopic (exact) mass is 781 g/mol. The Kier molecular flexibility index (Phi) is 9.59. The SMILES string of the molecule is [2H]C(C)(C)c1cc(-c2ccc(-n3c(-c4ccccc4O)nc4c(-c5cc(-c6ccccc6)cc(-c6cc(-c7ccc(C)cc7)ccn6)c5)cccc43)c(C)c2)cc(C([2H])(C)C)c1. The quantitative estimate of drug-likeness (QED) is 0.159. The largest absolute Gasteiger partial charge is 0.507 e. The standard InChI is InChI=1S/C56H49N3O/c1-35(2)43-28-44(36(3)4)30-46(29-43)41-23-24-52(38(6)27-41)59-53-17-12-16-49(55(53)58-56(59)50-15-10-11-18-54(50)60)47-31-45(39-13-8-7-9-14-39)32-48(33-47)51-34-42(25-26-57-51)40-21-19-37(5)20-22-40/h7-36,60H,1-6H3/i35D,36D. The molecule has 0 aliphatic heterocycles. The molecule has 0 amide bonds. The van der Waals surface area contributed by atoms with Crippen LogP contribution in [0.4, 0.5) is 0 Å². The van der Waals surface area contributed by atoms with E-state index in [4.69, 9.17) is 12.7 Å². The predicted octanol–water partition coefficient (Wildman–Crippen LogP) is 15.0. The average molecular weight is 782 g/mol. The highest BCUT2D eigenvalue weighted by atomic mass is 16.3. The molecule has 0 aliphatic carbocycles. The van der Waals surface area contributed by atoms with Crippen molar-refractivity contribution in [2.24, 2.45) is 0 Å². The smallest absolute Gasteiger partial charge is 0.149 e. The van der Waals surface area contributed by atoms with Gasteiger partial charge in [-0.25, -0.2) is 4.98 Å². The first kappa shape index (κ1) is 36.1. The Morgan fingerprint density at radius 2 is 1.13 bits per heavy atom. The number of aromatic nitrogens is 3. The van der Waals surface area contributed by atoms with Crippen LogP contribution in [0, 0.1) is 13.8 Å². The predicted molar refractivity (Wildman–Crippen MR) is 251 cm³/mol. The van der Waals surface area contributed by atoms with E-state index in [2.05, 4.69) is 146 Å². The van der Waals surface area contributed by atoms with Crippen LogP contribution < -0.4 is 0 Å². The lowest BCUT2D eigenvalue weighted by molar-refractivity contribution is 0.477. The third kappa shape index (κ3) is 7.42. The minimum absolute atomic E-state index is 0.146. The molecule has 0 atom stereocenters. The Labute approximate surface area is 356 Å². The van der Waals surface area contributed by atoms with Crippen LogP contribution in [0.5, 0.6) is 5.75 Å². The minimum Gasteiger partial charge on any atom is -0.507 e. The summed E-state index contributed by atoms with van der Waals surface area (Å²) >= 11 is 0. The van der Waals surface area contributed by atoms with Gasteiger partial charge in [-0.1, -0.05) is 136 Å². The molecular formula is C56H49N3O. The molecule has 0 saturated carbocycles. The Bertz CT molecular complexity index is 3090. The van der Waals surface area contributed by atoms with E-state index in [9.17, 15) is 5.11 Å². The summed E-state index contributed by atoms with van der Waals surface area (Å²) in [6.45, 7) is 11.8. The number of benzene rings is 7. The number of fused-ring (bicyclic) bond motifs is 1. The van der Waals surface area contributed by atoms with Crippen LogP contribution >= 0.6 is 0 Å². The lowest BCUT2D eigenvalue weighted by Gasteiger charge is -2.17. The lowest BCUT2D eigenvalue weighted by atomic mass is 9.90. The van der Waals surface area contributed by atoms with E-state index in [1.54, 1.807) is 6.07 Å². The molecule has 0 bridgehead atoms. The fourth-order valence-electron chi connectivity index (χ4n) is 8.12. The number of pyridine rings is 1. The summed E-state index contributed by atoms with van der Waals surface area (Å²) in [6, 6.07) is 56.1. The number of aryl methyl sites for hydroxylation is 2. The topological polar surface area (TPSA) is 50.9 Å². The maximum absolute atomic E-state index is 11.3. The van der Waals surface area contributed by atoms with Crippen LogP contribution in [-0.2, 0) is 0 Å². The molecule has 2 aromatic heterocycles. The second-order valence-electron chi connectivity index (χ2n) is 16.2. The van der Waals surface area contributed by atoms with Gasteiger partial charge in [0.05, 0.1) is 28.0 Å². The Morgan fingerprint density at radius 3 is 1.85 bits per heavy atom. The molecule has 9 rings (SSSR count). The van der Waals surface area contributed by atoms with Gasteiger partial charge in [-0.3, -0.25) is 9.55 Å². The fourth-order valence-corrected chi connectivity index (χ4v) is 8.12. The van der Waals surface area contributed by atoms with E-state index in [0.717, 1.165) is 89.2 Å². The number of hydrogen-bond donors (Lipinski definition) is 1. The molecule has 7 aromatic carbocycles. The number of phenols is 1. The van der Waals surface area contributed by atoms with E-state index in [-0.39, 0.29) is 5.75 Å². The van der Waals surface area contributed by atoms with Crippen LogP contribution in [0.2, 0.25) is 0 Å². The molecule has 294 valence electrons. The second kappa shape index (κ2) is 16.0. The highest BCUT2D eigenvalue weighted by Crippen LogP contribution is 2.41. The third-order valence-corrected chi connectivity index (χ3v) is 11.5. The maximum atomic E-state index is 11.3. The summed E-state index contributed by atoms with van der Waals surface area (Å²) < 4.78 is 19.8. The van der Waals surface area contributed by atoms with Gasteiger partial charge in [-0.15, -0.1) is 0 Å². The maximum Gasteiger partial charge on any atom is 0.149 e. The molecule has 0 saturated heterocycles. The summed E-state index contributed by atoms with van der Waals surface area (Å²) in [4.78, 5) is 10.3. The van der Waals surface area contributed by atoms with Gasteiger partial charge in [0.2, 0.25) is 0 Å². The number of nitrogens with zero attached hydrogens (tertiary/aromatic N) is 3. The van der Waals surface area contributed by atoms with Gasteiger partial charge < -0.3 is 5.11 Å². The minimum atomic E-state index is -0.825. The first-order chi connectivity index (χ1) is 29.7. The van der Waals surface area contributed by atoms with E-state index in [1.165, 1.54) is 5.56 Å². The number of imidazole rings is 1. The van der Waals surface area contributed by atoms with E-state index in [0.29, 0.717) is 11.4 Å². The van der Waals surface area contributed by atoms with E-state index < -0.39 is 11.8 Å². The Balaban J connectivity index is 1.24. The molecule has 4 heteroatoms. The Morgan fingerprint density at radius 1 is 0.517 bits per heavy atom. The van der Waals surface area contributed by atoms with Crippen LogP contribution in [0.15, 0.2) is 170 Å². The van der Waals surface area contributed by atoms with Crippen molar-refractivity contribution in [3.05, 3.63) is 192 Å². The first-order valence-corrected chi connectivity index (χ1v) is 20.5. The molecule has 60 heavy (non-hydrogen) atoms. The third-order valence-electron chi connectivity index (χ3n) is 11.5. The van der Waals surface area contributed by atoms with Gasteiger partial charge >= 0.3 is 0 Å². The molecule has 0 spiro atoms. The summed E-state index contributed by atoms with van der Waals surface area (Å²) in [5.41, 5.74) is 17.5. The van der Waals surface area contributed by atoms with Crippen molar-refractivity contribution in [2.75, 3.05) is 0 Å². The molecule has 0 radical (unpaired) electrons. The Hall–Kier alpha value is -7.04. The van der Waals surface area contributed by atoms with Crippen molar-refractivity contribution >= 4 is 11.0 Å². The summed E-state index contributed by atoms with van der Waals surface area (Å²) in [5.74, 6) is -0.874. The zero-order valence-electron chi connectivity index (χ0n) is 37.0. The van der Waals surface area contributed by atoms with Crippen LogP contribution in [0.1, 0.15) is 64.5 Å². The van der Waals surface area contributed by atoms with Gasteiger partial charge in [-0.05, 0) is 142 Å². The van der Waals surface area contributed by atoms with Crippen LogP contribution in [0.25, 0.3) is 83.9 Å². The molecule has 1 N–H and O–H groups in total. The highest BCUT2D eigenvalue weighted by Gasteiger charge is 2.22. The zero-order valence-corrected chi connectivity index (χ0v) is 35.0. The average Bonchev–Trinajstić information content (AvgIpc) is 3.65. The van der Waals surface area contributed by atoms with Crippen molar-refractivity contribution in [1.82, 2.24) is 14.5 Å². The number of aromatic hydroxyl groups is 1. The van der Waals surface area contributed by atoms with Crippen LogP contribution in [0.3, 0.4) is 0 Å². The van der Waals surface area contributed by atoms with Crippen LogP contribution in [-0.4, -0.2) is 19.6 Å². The zero-order chi connectivity index (χ0) is 43.3. The van der Waals surface area contributed by atoms with Gasteiger partial charge in [-0.2, -0.15) is 0 Å². The molecule has 0 aliphatic rings. The van der Waals surface area contributed by atoms with Gasteiger partial charge in [0.15, 0.2) is 0 Å². The number of hydrogen-bond acceptors (Lipinski definition) is 3. The molecule has 0 unspecified atom stereocenters. The first-order valence-electron chi connectivity index (χ1n) is 21.5. The number of phenolic OH excluding ortho intramolecular Hbond substituents is 1. The van der Waals surface area contributed by atoms with Crippen molar-refractivity contribution < 1.29 is 7.85 Å².